The molecule has 0 aliphatic carbocycles. The predicted octanol–water partition coefficient (Wildman–Crippen LogP) is 2.20. The van der Waals surface area contributed by atoms with Crippen LogP contribution in [0.1, 0.15) is 5.56 Å². The Hall–Kier alpha value is -3.09. The summed E-state index contributed by atoms with van der Waals surface area (Å²) in [7, 11) is 2.72. The molecule has 34 heavy (non-hydrogen) atoms. The molecule has 3 rings (SSSR count). The van der Waals surface area contributed by atoms with Crippen molar-refractivity contribution in [2.75, 3.05) is 71.3 Å². The quantitative estimate of drug-likeness (QED) is 0.395. The number of piperazine rings is 1. The fourth-order valence-corrected chi connectivity index (χ4v) is 4.89. The average molecular weight is 494 g/mol. The van der Waals surface area contributed by atoms with Gasteiger partial charge in [0.05, 0.1) is 19.1 Å². The minimum absolute atomic E-state index is 0.00937. The Morgan fingerprint density at radius 1 is 1.03 bits per heavy atom. The van der Waals surface area contributed by atoms with Crippen LogP contribution in [0.5, 0.6) is 11.5 Å². The molecule has 1 aliphatic heterocycles. The highest BCUT2D eigenvalue weighted by atomic mass is 32.2. The predicted molar refractivity (Wildman–Crippen MR) is 131 cm³/mol. The van der Waals surface area contributed by atoms with E-state index in [1.54, 1.807) is 26.4 Å². The van der Waals surface area contributed by atoms with E-state index < -0.39 is 15.1 Å². The van der Waals surface area contributed by atoms with Gasteiger partial charge in [-0.25, -0.2) is 0 Å². The van der Waals surface area contributed by atoms with Crippen molar-refractivity contribution < 1.29 is 22.8 Å². The Labute approximate surface area is 200 Å². The first kappa shape index (κ1) is 25.5. The van der Waals surface area contributed by atoms with Crippen molar-refractivity contribution in [2.24, 2.45) is 0 Å². The number of nitro benzene ring substituents is 1. The maximum Gasteiger partial charge on any atom is 0.292 e. The molecule has 0 spiro atoms. The van der Waals surface area contributed by atoms with E-state index in [0.717, 1.165) is 11.3 Å². The number of rotatable bonds is 10. The largest absolute Gasteiger partial charge is 0.493 e. The lowest BCUT2D eigenvalue weighted by molar-refractivity contribution is -0.383. The van der Waals surface area contributed by atoms with Crippen molar-refractivity contribution in [3.05, 3.63) is 52.1 Å². The Bertz CT molecular complexity index is 1120. The van der Waals surface area contributed by atoms with E-state index in [1.807, 2.05) is 23.1 Å². The molecule has 0 bridgehead atoms. The van der Waals surface area contributed by atoms with Crippen molar-refractivity contribution in [3.8, 4) is 11.5 Å². The molecule has 2 aromatic rings. The average Bonchev–Trinajstić information content (AvgIpc) is 2.83. The summed E-state index contributed by atoms with van der Waals surface area (Å²) in [4.78, 5) is 13.2. The first-order valence-corrected chi connectivity index (χ1v) is 12.2. The van der Waals surface area contributed by atoms with Gasteiger partial charge >= 0.3 is 0 Å². The van der Waals surface area contributed by atoms with E-state index in [0.29, 0.717) is 56.3 Å². The summed E-state index contributed by atoms with van der Waals surface area (Å²) in [5.41, 5.74) is 2.22. The fourth-order valence-electron chi connectivity index (χ4n) is 3.81. The van der Waals surface area contributed by atoms with E-state index >= 15 is 0 Å². The molecule has 0 radical (unpaired) electrons. The van der Waals surface area contributed by atoms with Gasteiger partial charge in [0.25, 0.3) is 15.9 Å². The standard InChI is InChI=1S/C22H31N5O6S/c1-24(2)34(30,31)26-13-11-25(12-14-26)18-6-7-20(27(28)29)19(16-18)23-10-9-17-5-8-21(32-3)22(15-17)33-4/h5-8,15-16,23H,9-14H2,1-4H3. The maximum atomic E-state index is 12.3. The first-order valence-electron chi connectivity index (χ1n) is 10.8. The Morgan fingerprint density at radius 2 is 1.71 bits per heavy atom. The van der Waals surface area contributed by atoms with Gasteiger partial charge in [-0.2, -0.15) is 17.0 Å². The zero-order valence-electron chi connectivity index (χ0n) is 19.9. The SMILES string of the molecule is COc1ccc(CCNc2cc(N3CCN(S(=O)(=O)N(C)C)CC3)ccc2[N+](=O)[O-])cc1OC. The lowest BCUT2D eigenvalue weighted by atomic mass is 10.1. The van der Waals surface area contributed by atoms with Gasteiger partial charge in [-0.05, 0) is 36.2 Å². The molecule has 1 heterocycles. The molecular weight excluding hydrogens is 462 g/mol. The second-order valence-electron chi connectivity index (χ2n) is 8.00. The maximum absolute atomic E-state index is 12.3. The van der Waals surface area contributed by atoms with Crippen LogP contribution in [-0.2, 0) is 16.6 Å². The normalized spacial score (nSPS) is 14.8. The zero-order valence-corrected chi connectivity index (χ0v) is 20.7. The van der Waals surface area contributed by atoms with Crippen LogP contribution in [0.15, 0.2) is 36.4 Å². The van der Waals surface area contributed by atoms with E-state index in [2.05, 4.69) is 5.32 Å². The third kappa shape index (κ3) is 5.69. The van der Waals surface area contributed by atoms with E-state index in [9.17, 15) is 18.5 Å². The molecule has 0 aromatic heterocycles. The van der Waals surface area contributed by atoms with Gasteiger partial charge in [-0.1, -0.05) is 6.07 Å². The highest BCUT2D eigenvalue weighted by Gasteiger charge is 2.29. The number of nitrogens with one attached hydrogen (secondary N) is 1. The number of hydrogen-bond donors (Lipinski definition) is 1. The molecule has 0 unspecified atom stereocenters. The summed E-state index contributed by atoms with van der Waals surface area (Å²) >= 11 is 0. The van der Waals surface area contributed by atoms with E-state index in [4.69, 9.17) is 9.47 Å². The summed E-state index contributed by atoms with van der Waals surface area (Å²) in [5.74, 6) is 1.27. The van der Waals surface area contributed by atoms with E-state index in [1.165, 1.54) is 28.8 Å². The summed E-state index contributed by atoms with van der Waals surface area (Å²) in [6, 6.07) is 10.6. The first-order chi connectivity index (χ1) is 16.2. The molecule has 1 saturated heterocycles. The molecule has 0 amide bonds. The minimum Gasteiger partial charge on any atom is -0.493 e. The van der Waals surface area contributed by atoms with Crippen LogP contribution >= 0.6 is 0 Å². The number of anilines is 2. The van der Waals surface area contributed by atoms with Gasteiger partial charge in [0.15, 0.2) is 11.5 Å². The van der Waals surface area contributed by atoms with Crippen LogP contribution in [0, 0.1) is 10.1 Å². The van der Waals surface area contributed by atoms with Gasteiger partial charge in [0, 0.05) is 58.6 Å². The Balaban J connectivity index is 1.69. The molecule has 1 N–H and O–H groups in total. The van der Waals surface area contributed by atoms with Crippen LogP contribution in [-0.4, -0.2) is 83.0 Å². The summed E-state index contributed by atoms with van der Waals surface area (Å²) in [5, 5.41) is 14.7. The molecule has 0 atom stereocenters. The van der Waals surface area contributed by atoms with Crippen LogP contribution in [0.4, 0.5) is 17.1 Å². The number of benzene rings is 2. The Kier molecular flexibility index (Phi) is 8.18. The van der Waals surface area contributed by atoms with Gasteiger partial charge in [-0.3, -0.25) is 10.1 Å². The Morgan fingerprint density at radius 3 is 2.29 bits per heavy atom. The minimum atomic E-state index is -3.46. The van der Waals surface area contributed by atoms with Crippen molar-refractivity contribution in [2.45, 2.75) is 6.42 Å². The molecule has 12 heteroatoms. The lowest BCUT2D eigenvalue weighted by Crippen LogP contribution is -2.51. The molecule has 186 valence electrons. The third-order valence-corrected chi connectivity index (χ3v) is 7.69. The molecule has 0 saturated carbocycles. The zero-order chi connectivity index (χ0) is 24.9. The molecule has 2 aromatic carbocycles. The van der Waals surface area contributed by atoms with Gasteiger partial charge in [0.2, 0.25) is 0 Å². The molecule has 1 aliphatic rings. The lowest BCUT2D eigenvalue weighted by Gasteiger charge is -2.36. The van der Waals surface area contributed by atoms with Crippen molar-refractivity contribution in [3.63, 3.8) is 0 Å². The summed E-state index contributed by atoms with van der Waals surface area (Å²) < 4.78 is 37.9. The van der Waals surface area contributed by atoms with Gasteiger partial charge in [-0.15, -0.1) is 0 Å². The van der Waals surface area contributed by atoms with Crippen molar-refractivity contribution >= 4 is 27.3 Å². The number of nitrogens with zero attached hydrogens (tertiary/aromatic N) is 4. The fraction of sp³-hybridized carbons (Fsp3) is 0.455. The van der Waals surface area contributed by atoms with Crippen molar-refractivity contribution in [1.29, 1.82) is 0 Å². The topological polar surface area (TPSA) is 117 Å². The van der Waals surface area contributed by atoms with Crippen LogP contribution in [0.2, 0.25) is 0 Å². The summed E-state index contributed by atoms with van der Waals surface area (Å²) in [6.07, 6.45) is 0.628. The number of nitro groups is 1. The highest BCUT2D eigenvalue weighted by Crippen LogP contribution is 2.31. The molecule has 11 nitrogen and oxygen atoms in total. The van der Waals surface area contributed by atoms with Crippen LogP contribution in [0.3, 0.4) is 0 Å². The number of hydrogen-bond acceptors (Lipinski definition) is 8. The van der Waals surface area contributed by atoms with E-state index in [-0.39, 0.29) is 5.69 Å². The van der Waals surface area contributed by atoms with Crippen LogP contribution in [0.25, 0.3) is 0 Å². The van der Waals surface area contributed by atoms with Gasteiger partial charge < -0.3 is 19.7 Å². The third-order valence-electron chi connectivity index (χ3n) is 5.75. The summed E-state index contributed by atoms with van der Waals surface area (Å²) in [6.45, 7) is 2.17. The monoisotopic (exact) mass is 493 g/mol. The smallest absolute Gasteiger partial charge is 0.292 e. The van der Waals surface area contributed by atoms with Gasteiger partial charge in [0.1, 0.15) is 5.69 Å². The number of ether oxygens (including phenoxy) is 2. The highest BCUT2D eigenvalue weighted by molar-refractivity contribution is 7.86. The van der Waals surface area contributed by atoms with Crippen LogP contribution < -0.4 is 19.7 Å². The number of methoxy groups -OCH3 is 2. The second kappa shape index (κ2) is 10.9. The molecular formula is C22H31N5O6S. The van der Waals surface area contributed by atoms with Crippen molar-refractivity contribution in [1.82, 2.24) is 8.61 Å². The second-order valence-corrected chi connectivity index (χ2v) is 10.1. The molecule has 1 fully saturated rings.